The smallest absolute Gasteiger partial charge is 0.275 e. The number of halogens is 1. The summed E-state index contributed by atoms with van der Waals surface area (Å²) in [5, 5.41) is 14.3. The maximum Gasteiger partial charge on any atom is 0.275 e. The second kappa shape index (κ2) is 8.71. The number of amides is 2. The van der Waals surface area contributed by atoms with Crippen LogP contribution in [0.3, 0.4) is 0 Å². The molecule has 4 rings (SSSR count). The van der Waals surface area contributed by atoms with Gasteiger partial charge < -0.3 is 15.5 Å². The van der Waals surface area contributed by atoms with Gasteiger partial charge in [0.2, 0.25) is 5.91 Å². The van der Waals surface area contributed by atoms with Crippen molar-refractivity contribution in [2.75, 3.05) is 26.2 Å². The van der Waals surface area contributed by atoms with E-state index in [1.165, 1.54) is 0 Å². The van der Waals surface area contributed by atoms with Gasteiger partial charge in [0.1, 0.15) is 0 Å². The second-order valence-corrected chi connectivity index (χ2v) is 7.27. The first-order valence-electron chi connectivity index (χ1n) is 9.46. The summed E-state index contributed by atoms with van der Waals surface area (Å²) in [5.41, 5.74) is 1.36. The molecule has 7 nitrogen and oxygen atoms in total. The summed E-state index contributed by atoms with van der Waals surface area (Å²) in [6, 6.07) is 7.63. The summed E-state index contributed by atoms with van der Waals surface area (Å²) in [4.78, 5) is 27.0. The Morgan fingerprint density at radius 3 is 2.89 bits per heavy atom. The SMILES string of the molecule is Cl.O=C(NCC1CCCN(C(=O)c2n[nH]c3ccccc23)C1)C1CCCN1. The largest absolute Gasteiger partial charge is 0.354 e. The molecule has 2 aliphatic rings. The number of fused-ring (bicyclic) bond motifs is 1. The van der Waals surface area contributed by atoms with Crippen LogP contribution in [0.5, 0.6) is 0 Å². The van der Waals surface area contributed by atoms with Crippen LogP contribution in [-0.4, -0.2) is 59.1 Å². The fraction of sp³-hybridized carbons (Fsp3) is 0.526. The lowest BCUT2D eigenvalue weighted by Gasteiger charge is -2.32. The minimum absolute atomic E-state index is 0. The molecule has 0 spiro atoms. The highest BCUT2D eigenvalue weighted by atomic mass is 35.5. The van der Waals surface area contributed by atoms with Crippen LogP contribution in [0.2, 0.25) is 0 Å². The second-order valence-electron chi connectivity index (χ2n) is 7.27. The van der Waals surface area contributed by atoms with Gasteiger partial charge in [-0.25, -0.2) is 0 Å². The van der Waals surface area contributed by atoms with Crippen LogP contribution in [0.1, 0.15) is 36.2 Å². The topological polar surface area (TPSA) is 90.1 Å². The average Bonchev–Trinajstić information content (AvgIpc) is 3.35. The predicted molar refractivity (Wildman–Crippen MR) is 106 cm³/mol. The zero-order valence-electron chi connectivity index (χ0n) is 15.2. The summed E-state index contributed by atoms with van der Waals surface area (Å²) < 4.78 is 0. The maximum atomic E-state index is 12.9. The molecule has 2 amide bonds. The van der Waals surface area contributed by atoms with Crippen LogP contribution in [0.15, 0.2) is 24.3 Å². The number of aromatic nitrogens is 2. The van der Waals surface area contributed by atoms with Crippen LogP contribution in [0, 0.1) is 5.92 Å². The van der Waals surface area contributed by atoms with Gasteiger partial charge in [-0.3, -0.25) is 14.7 Å². The van der Waals surface area contributed by atoms with Gasteiger partial charge in [0, 0.05) is 25.0 Å². The number of aromatic amines is 1. The lowest BCUT2D eigenvalue weighted by molar-refractivity contribution is -0.123. The molecule has 0 saturated carbocycles. The molecule has 0 aliphatic carbocycles. The van der Waals surface area contributed by atoms with Crippen molar-refractivity contribution in [3.05, 3.63) is 30.0 Å². The number of piperidine rings is 1. The van der Waals surface area contributed by atoms with Gasteiger partial charge in [0.15, 0.2) is 5.69 Å². The zero-order chi connectivity index (χ0) is 17.9. The number of carbonyl (C=O) groups is 2. The van der Waals surface area contributed by atoms with Gasteiger partial charge in [0.25, 0.3) is 5.91 Å². The van der Waals surface area contributed by atoms with Crippen LogP contribution >= 0.6 is 12.4 Å². The molecular weight excluding hydrogens is 366 g/mol. The number of nitrogens with zero attached hydrogens (tertiary/aromatic N) is 2. The molecule has 8 heteroatoms. The predicted octanol–water partition coefficient (Wildman–Crippen LogP) is 1.71. The Balaban J connectivity index is 0.00000210. The third-order valence-corrected chi connectivity index (χ3v) is 5.42. The summed E-state index contributed by atoms with van der Waals surface area (Å²) in [6.45, 7) is 2.95. The molecule has 27 heavy (non-hydrogen) atoms. The van der Waals surface area contributed by atoms with Gasteiger partial charge in [-0.2, -0.15) is 5.10 Å². The lowest BCUT2D eigenvalue weighted by atomic mass is 9.97. The Kier molecular flexibility index (Phi) is 6.34. The Bertz CT molecular complexity index is 802. The van der Waals surface area contributed by atoms with Crippen molar-refractivity contribution in [2.45, 2.75) is 31.7 Å². The Hall–Kier alpha value is -2.12. The van der Waals surface area contributed by atoms with E-state index in [1.807, 2.05) is 29.2 Å². The number of rotatable bonds is 4. The number of hydrogen-bond donors (Lipinski definition) is 3. The Labute approximate surface area is 164 Å². The summed E-state index contributed by atoms with van der Waals surface area (Å²) >= 11 is 0. The molecular formula is C19H26ClN5O2. The third-order valence-electron chi connectivity index (χ3n) is 5.42. The average molecular weight is 392 g/mol. The molecule has 146 valence electrons. The molecule has 0 bridgehead atoms. The Morgan fingerprint density at radius 1 is 1.22 bits per heavy atom. The first kappa shape index (κ1) is 19.6. The number of carbonyl (C=O) groups excluding carboxylic acids is 2. The van der Waals surface area contributed by atoms with Gasteiger partial charge >= 0.3 is 0 Å². The minimum atomic E-state index is -0.0493. The van der Waals surface area contributed by atoms with E-state index in [-0.39, 0.29) is 30.3 Å². The molecule has 0 radical (unpaired) electrons. The van der Waals surface area contributed by atoms with Crippen molar-refractivity contribution in [1.29, 1.82) is 0 Å². The summed E-state index contributed by atoms with van der Waals surface area (Å²) in [5.74, 6) is 0.350. The fourth-order valence-corrected chi connectivity index (χ4v) is 3.97. The quantitative estimate of drug-likeness (QED) is 0.740. The van der Waals surface area contributed by atoms with E-state index in [0.29, 0.717) is 24.7 Å². The number of para-hydroxylation sites is 1. The Morgan fingerprint density at radius 2 is 2.07 bits per heavy atom. The van der Waals surface area contributed by atoms with E-state index in [2.05, 4.69) is 20.8 Å². The van der Waals surface area contributed by atoms with Crippen molar-refractivity contribution in [3.63, 3.8) is 0 Å². The van der Waals surface area contributed by atoms with E-state index in [0.717, 1.165) is 49.7 Å². The highest BCUT2D eigenvalue weighted by Gasteiger charge is 2.28. The number of benzene rings is 1. The maximum absolute atomic E-state index is 12.9. The van der Waals surface area contributed by atoms with Gasteiger partial charge in [0.05, 0.1) is 11.6 Å². The molecule has 1 aromatic heterocycles. The molecule has 2 aromatic rings. The highest BCUT2D eigenvalue weighted by Crippen LogP contribution is 2.21. The van der Waals surface area contributed by atoms with Crippen LogP contribution < -0.4 is 10.6 Å². The van der Waals surface area contributed by atoms with Crippen LogP contribution in [0.4, 0.5) is 0 Å². The molecule has 2 atom stereocenters. The molecule has 3 heterocycles. The molecule has 2 unspecified atom stereocenters. The molecule has 2 saturated heterocycles. The van der Waals surface area contributed by atoms with Crippen molar-refractivity contribution in [1.82, 2.24) is 25.7 Å². The number of hydrogen-bond acceptors (Lipinski definition) is 4. The van der Waals surface area contributed by atoms with E-state index in [4.69, 9.17) is 0 Å². The van der Waals surface area contributed by atoms with E-state index in [9.17, 15) is 9.59 Å². The number of H-pyrrole nitrogens is 1. The monoisotopic (exact) mass is 391 g/mol. The zero-order valence-corrected chi connectivity index (χ0v) is 16.1. The van der Waals surface area contributed by atoms with Crippen molar-refractivity contribution in [3.8, 4) is 0 Å². The third kappa shape index (κ3) is 4.25. The number of likely N-dealkylation sites (tertiary alicyclic amines) is 1. The van der Waals surface area contributed by atoms with E-state index in [1.54, 1.807) is 0 Å². The number of nitrogens with one attached hydrogen (secondary N) is 3. The molecule has 1 aromatic carbocycles. The first-order chi connectivity index (χ1) is 12.7. The molecule has 2 aliphatic heterocycles. The molecule has 3 N–H and O–H groups in total. The van der Waals surface area contributed by atoms with Gasteiger partial charge in [-0.05, 0) is 44.2 Å². The highest BCUT2D eigenvalue weighted by molar-refractivity contribution is 6.04. The van der Waals surface area contributed by atoms with Crippen molar-refractivity contribution >= 4 is 35.1 Å². The van der Waals surface area contributed by atoms with E-state index < -0.39 is 0 Å². The van der Waals surface area contributed by atoms with Crippen LogP contribution in [-0.2, 0) is 4.79 Å². The molecule has 2 fully saturated rings. The minimum Gasteiger partial charge on any atom is -0.354 e. The van der Waals surface area contributed by atoms with Crippen LogP contribution in [0.25, 0.3) is 10.9 Å². The summed E-state index contributed by atoms with van der Waals surface area (Å²) in [6.07, 6.45) is 3.95. The van der Waals surface area contributed by atoms with Gasteiger partial charge in [-0.15, -0.1) is 12.4 Å². The fourth-order valence-electron chi connectivity index (χ4n) is 3.97. The first-order valence-corrected chi connectivity index (χ1v) is 9.46. The lowest BCUT2D eigenvalue weighted by Crippen LogP contribution is -2.46. The normalized spacial score (nSPS) is 22.4. The van der Waals surface area contributed by atoms with Crippen molar-refractivity contribution in [2.24, 2.45) is 5.92 Å². The standard InChI is InChI=1S/C19H25N5O2.ClH/c25-18(16-8-3-9-20-16)21-11-13-5-4-10-24(12-13)19(26)17-14-6-1-2-7-15(14)22-23-17;/h1-2,6-7,13,16,20H,3-5,8-12H2,(H,21,25)(H,22,23);1H. The van der Waals surface area contributed by atoms with E-state index >= 15 is 0 Å². The summed E-state index contributed by atoms with van der Waals surface area (Å²) in [7, 11) is 0. The van der Waals surface area contributed by atoms with Crippen molar-refractivity contribution < 1.29 is 9.59 Å². The van der Waals surface area contributed by atoms with Gasteiger partial charge in [-0.1, -0.05) is 18.2 Å².